The molecule has 47 heavy (non-hydrogen) atoms. The average Bonchev–Trinajstić information content (AvgIpc) is 3.61. The summed E-state index contributed by atoms with van der Waals surface area (Å²) in [5, 5.41) is 0. The normalized spacial score (nSPS) is 15.1. The molecule has 1 aliphatic rings. The van der Waals surface area contributed by atoms with Gasteiger partial charge in [-0.2, -0.15) is 0 Å². The van der Waals surface area contributed by atoms with Gasteiger partial charge in [0, 0.05) is 13.2 Å². The highest BCUT2D eigenvalue weighted by Gasteiger charge is 2.15. The molecule has 0 bridgehead atoms. The predicted molar refractivity (Wildman–Crippen MR) is 213 cm³/mol. The molecule has 0 N–H and O–H groups in total. The first kappa shape index (κ1) is 43.9. The number of hydrogen-bond donors (Lipinski definition) is 0. The van der Waals surface area contributed by atoms with E-state index in [1.54, 1.807) is 0 Å². The third kappa shape index (κ3) is 33.2. The summed E-state index contributed by atoms with van der Waals surface area (Å²) < 4.78 is 6.50. The van der Waals surface area contributed by atoms with Crippen LogP contribution in [0.25, 0.3) is 0 Å². The van der Waals surface area contributed by atoms with E-state index in [4.69, 9.17) is 4.74 Å². The maximum absolute atomic E-state index is 6.50. The van der Waals surface area contributed by atoms with Gasteiger partial charge in [0.2, 0.25) is 0 Å². The van der Waals surface area contributed by atoms with Gasteiger partial charge < -0.3 is 9.64 Å². The van der Waals surface area contributed by atoms with Crippen LogP contribution < -0.4 is 0 Å². The number of ether oxygens (including phenoxy) is 1. The summed E-state index contributed by atoms with van der Waals surface area (Å²) in [5.74, 6) is 0. The Bertz CT molecular complexity index is 715. The molecule has 0 saturated carbocycles. The van der Waals surface area contributed by atoms with Crippen LogP contribution >= 0.6 is 0 Å². The largest absolute Gasteiger partial charge is 0.378 e. The van der Waals surface area contributed by atoms with E-state index in [1.807, 2.05) is 0 Å². The number of allylic oxidation sites excluding steroid dienone is 8. The Kier molecular flexibility index (Phi) is 35.2. The van der Waals surface area contributed by atoms with Gasteiger partial charge >= 0.3 is 0 Å². The first-order valence-corrected chi connectivity index (χ1v) is 21.3. The molecular formula is C45H83NO. The first-order valence-electron chi connectivity index (χ1n) is 21.3. The third-order valence-corrected chi connectivity index (χ3v) is 9.89. The number of rotatable bonds is 36. The minimum atomic E-state index is 0.484. The highest BCUT2D eigenvalue weighted by Crippen LogP contribution is 2.17. The zero-order chi connectivity index (χ0) is 33.6. The van der Waals surface area contributed by atoms with Gasteiger partial charge in [0.05, 0.1) is 6.10 Å². The van der Waals surface area contributed by atoms with Crippen LogP contribution in [0.3, 0.4) is 0 Å². The molecule has 1 heterocycles. The minimum Gasteiger partial charge on any atom is -0.378 e. The van der Waals surface area contributed by atoms with Crippen LogP contribution in [0.15, 0.2) is 48.6 Å². The van der Waals surface area contributed by atoms with Crippen molar-refractivity contribution in [2.45, 2.75) is 213 Å². The van der Waals surface area contributed by atoms with E-state index in [9.17, 15) is 0 Å². The summed E-state index contributed by atoms with van der Waals surface area (Å²) in [6.07, 6.45) is 59.3. The lowest BCUT2D eigenvalue weighted by Crippen LogP contribution is -2.26. The van der Waals surface area contributed by atoms with Gasteiger partial charge in [-0.15, -0.1) is 0 Å². The molecule has 2 heteroatoms. The Morgan fingerprint density at radius 3 is 1.32 bits per heavy atom. The zero-order valence-corrected chi connectivity index (χ0v) is 32.1. The zero-order valence-electron chi connectivity index (χ0n) is 32.1. The molecule has 1 unspecified atom stereocenters. The Hall–Kier alpha value is -1.12. The molecule has 0 aromatic carbocycles. The Balaban J connectivity index is 1.99. The molecule has 0 radical (unpaired) electrons. The highest BCUT2D eigenvalue weighted by atomic mass is 16.5. The Labute approximate surface area is 296 Å². The summed E-state index contributed by atoms with van der Waals surface area (Å²) in [4.78, 5) is 2.67. The molecule has 0 aromatic heterocycles. The SMILES string of the molecule is CCCCC/C=C\C/C=C\CCCCCCCCCCC(CCN1CCCC1)OCCCCCCCC/C=C\C/C=C\CCCCC. The second-order valence-corrected chi connectivity index (χ2v) is 14.5. The van der Waals surface area contributed by atoms with Crippen molar-refractivity contribution in [1.82, 2.24) is 4.90 Å². The van der Waals surface area contributed by atoms with Crippen molar-refractivity contribution >= 4 is 0 Å². The van der Waals surface area contributed by atoms with Crippen LogP contribution in [-0.4, -0.2) is 37.2 Å². The van der Waals surface area contributed by atoms with Gasteiger partial charge in [0.1, 0.15) is 0 Å². The first-order chi connectivity index (χ1) is 23.4. The van der Waals surface area contributed by atoms with Crippen molar-refractivity contribution in [1.29, 1.82) is 0 Å². The number of likely N-dealkylation sites (tertiary alicyclic amines) is 1. The maximum Gasteiger partial charge on any atom is 0.0587 e. The van der Waals surface area contributed by atoms with Crippen LogP contribution in [0.2, 0.25) is 0 Å². The van der Waals surface area contributed by atoms with Crippen LogP contribution in [0.1, 0.15) is 206 Å². The predicted octanol–water partition coefficient (Wildman–Crippen LogP) is 14.7. The van der Waals surface area contributed by atoms with Gasteiger partial charge in [-0.3, -0.25) is 0 Å². The van der Waals surface area contributed by atoms with Gasteiger partial charge in [0.15, 0.2) is 0 Å². The van der Waals surface area contributed by atoms with E-state index in [1.165, 1.54) is 199 Å². The van der Waals surface area contributed by atoms with E-state index < -0.39 is 0 Å². The van der Waals surface area contributed by atoms with Crippen molar-refractivity contribution in [2.75, 3.05) is 26.2 Å². The summed E-state index contributed by atoms with van der Waals surface area (Å²) in [6, 6.07) is 0. The molecule has 0 amide bonds. The van der Waals surface area contributed by atoms with Gasteiger partial charge in [-0.1, -0.05) is 159 Å². The molecule has 0 aromatic rings. The molecule has 1 atom stereocenters. The lowest BCUT2D eigenvalue weighted by Gasteiger charge is -2.22. The van der Waals surface area contributed by atoms with Crippen molar-refractivity contribution in [3.63, 3.8) is 0 Å². The fourth-order valence-electron chi connectivity index (χ4n) is 6.70. The highest BCUT2D eigenvalue weighted by molar-refractivity contribution is 4.93. The monoisotopic (exact) mass is 654 g/mol. The summed E-state index contributed by atoms with van der Waals surface area (Å²) in [7, 11) is 0. The van der Waals surface area contributed by atoms with E-state index in [2.05, 4.69) is 67.4 Å². The lowest BCUT2D eigenvalue weighted by atomic mass is 10.0. The van der Waals surface area contributed by atoms with Crippen LogP contribution in [0.4, 0.5) is 0 Å². The Morgan fingerprint density at radius 1 is 0.447 bits per heavy atom. The Morgan fingerprint density at radius 2 is 0.851 bits per heavy atom. The molecule has 1 saturated heterocycles. The summed E-state index contributed by atoms with van der Waals surface area (Å²) in [5.41, 5.74) is 0. The summed E-state index contributed by atoms with van der Waals surface area (Å²) in [6.45, 7) is 9.39. The van der Waals surface area contributed by atoms with E-state index in [0.717, 1.165) is 19.4 Å². The fourth-order valence-corrected chi connectivity index (χ4v) is 6.70. The van der Waals surface area contributed by atoms with Crippen molar-refractivity contribution in [3.8, 4) is 0 Å². The summed E-state index contributed by atoms with van der Waals surface area (Å²) >= 11 is 0. The quantitative estimate of drug-likeness (QED) is 0.0493. The van der Waals surface area contributed by atoms with Crippen LogP contribution in [0, 0.1) is 0 Å². The van der Waals surface area contributed by atoms with Crippen LogP contribution in [-0.2, 0) is 4.74 Å². The van der Waals surface area contributed by atoms with E-state index >= 15 is 0 Å². The van der Waals surface area contributed by atoms with E-state index in [-0.39, 0.29) is 0 Å². The number of hydrogen-bond acceptors (Lipinski definition) is 2. The maximum atomic E-state index is 6.50. The molecule has 0 spiro atoms. The second kappa shape index (κ2) is 37.7. The lowest BCUT2D eigenvalue weighted by molar-refractivity contribution is 0.0318. The third-order valence-electron chi connectivity index (χ3n) is 9.89. The fraction of sp³-hybridized carbons (Fsp3) is 0.822. The standard InChI is InChI=1S/C45H83NO/c1-3-5-7-9-11-13-15-17-19-21-22-23-25-27-29-31-33-35-39-45(40-43-46-41-36-37-42-46)47-44-38-34-32-30-28-26-24-20-18-16-14-12-10-8-6-4-2/h11-14,17-20,45H,3-10,15-16,21-44H2,1-2H3/b13-11-,14-12-,19-17-,20-18-. The topological polar surface area (TPSA) is 12.5 Å². The van der Waals surface area contributed by atoms with Gasteiger partial charge in [-0.25, -0.2) is 0 Å². The number of nitrogens with zero attached hydrogens (tertiary/aromatic N) is 1. The van der Waals surface area contributed by atoms with Gasteiger partial charge in [-0.05, 0) is 109 Å². The molecular weight excluding hydrogens is 571 g/mol. The molecule has 1 aliphatic heterocycles. The van der Waals surface area contributed by atoms with Crippen molar-refractivity contribution in [2.24, 2.45) is 0 Å². The van der Waals surface area contributed by atoms with Crippen molar-refractivity contribution < 1.29 is 4.74 Å². The molecule has 0 aliphatic carbocycles. The molecule has 2 nitrogen and oxygen atoms in total. The molecule has 274 valence electrons. The average molecular weight is 654 g/mol. The number of unbranched alkanes of at least 4 members (excludes halogenated alkanes) is 20. The van der Waals surface area contributed by atoms with E-state index in [0.29, 0.717) is 6.10 Å². The smallest absolute Gasteiger partial charge is 0.0587 e. The molecule has 1 rings (SSSR count). The van der Waals surface area contributed by atoms with Gasteiger partial charge in [0.25, 0.3) is 0 Å². The van der Waals surface area contributed by atoms with Crippen LogP contribution in [0.5, 0.6) is 0 Å². The molecule has 1 fully saturated rings. The second-order valence-electron chi connectivity index (χ2n) is 14.5. The minimum absolute atomic E-state index is 0.484. The van der Waals surface area contributed by atoms with Crippen molar-refractivity contribution in [3.05, 3.63) is 48.6 Å².